The van der Waals surface area contributed by atoms with Crippen LogP contribution in [0.25, 0.3) is 0 Å². The first kappa shape index (κ1) is 23.9. The Labute approximate surface area is 194 Å². The molecule has 0 aliphatic carbocycles. The molecule has 0 aliphatic rings. The van der Waals surface area contributed by atoms with E-state index in [1.54, 1.807) is 30.3 Å². The Bertz CT molecular complexity index is 1070. The summed E-state index contributed by atoms with van der Waals surface area (Å²) in [6, 6.07) is 20.0. The third-order valence-electron chi connectivity index (χ3n) is 5.18. The fourth-order valence-corrected chi connectivity index (χ4v) is 3.48. The number of aryl methyl sites for hydroxylation is 2. The van der Waals surface area contributed by atoms with Crippen molar-refractivity contribution in [1.29, 1.82) is 0 Å². The van der Waals surface area contributed by atoms with Crippen molar-refractivity contribution < 1.29 is 19.1 Å². The molecule has 0 saturated heterocycles. The normalized spacial score (nSPS) is 10.4. The molecule has 6 nitrogen and oxygen atoms in total. The zero-order valence-corrected chi connectivity index (χ0v) is 19.3. The molecule has 0 saturated carbocycles. The summed E-state index contributed by atoms with van der Waals surface area (Å²) in [5.41, 5.74) is 4.16. The second kappa shape index (κ2) is 11.7. The molecule has 0 atom stereocenters. The number of nitrogens with one attached hydrogen (secondary N) is 2. The van der Waals surface area contributed by atoms with Crippen LogP contribution in [0.4, 0.5) is 11.4 Å². The standard InChI is InChI=1S/C27H30N2O4/c1-4-19-10-9-11-20(5-2)26(19)29-25(30)18-33-22-16-14-21(15-17-22)27(31)28-23-12-7-8-13-24(23)32-6-3/h7-17H,4-6,18H2,1-3H3,(H,28,31)(H,29,30). The molecule has 0 unspecified atom stereocenters. The second-order valence-corrected chi connectivity index (χ2v) is 7.40. The van der Waals surface area contributed by atoms with Gasteiger partial charge in [-0.15, -0.1) is 0 Å². The van der Waals surface area contributed by atoms with E-state index in [4.69, 9.17) is 9.47 Å². The number of ether oxygens (including phenoxy) is 2. The van der Waals surface area contributed by atoms with Crippen molar-refractivity contribution in [2.24, 2.45) is 0 Å². The van der Waals surface area contributed by atoms with Crippen LogP contribution in [0.3, 0.4) is 0 Å². The molecule has 0 fully saturated rings. The number of hydrogen-bond donors (Lipinski definition) is 2. The number of benzene rings is 3. The van der Waals surface area contributed by atoms with E-state index in [-0.39, 0.29) is 18.4 Å². The summed E-state index contributed by atoms with van der Waals surface area (Å²) in [5.74, 6) is 0.653. The molecule has 0 heterocycles. The minimum atomic E-state index is -0.255. The molecular formula is C27H30N2O4. The molecule has 6 heteroatoms. The van der Waals surface area contributed by atoms with Gasteiger partial charge in [-0.2, -0.15) is 0 Å². The Morgan fingerprint density at radius 1 is 0.758 bits per heavy atom. The molecule has 172 valence electrons. The lowest BCUT2D eigenvalue weighted by Crippen LogP contribution is -2.21. The molecule has 2 amide bonds. The lowest BCUT2D eigenvalue weighted by molar-refractivity contribution is -0.118. The highest BCUT2D eigenvalue weighted by molar-refractivity contribution is 6.05. The van der Waals surface area contributed by atoms with Crippen LogP contribution in [0, 0.1) is 0 Å². The molecule has 0 radical (unpaired) electrons. The van der Waals surface area contributed by atoms with Crippen LogP contribution < -0.4 is 20.1 Å². The van der Waals surface area contributed by atoms with Gasteiger partial charge in [0.2, 0.25) is 0 Å². The quantitative estimate of drug-likeness (QED) is 0.432. The van der Waals surface area contributed by atoms with Crippen LogP contribution in [-0.4, -0.2) is 25.0 Å². The molecule has 0 spiro atoms. The predicted molar refractivity (Wildman–Crippen MR) is 131 cm³/mol. The molecule has 0 bridgehead atoms. The minimum absolute atomic E-state index is 0.117. The monoisotopic (exact) mass is 446 g/mol. The van der Waals surface area contributed by atoms with Gasteiger partial charge in [0.05, 0.1) is 12.3 Å². The maximum atomic E-state index is 12.6. The van der Waals surface area contributed by atoms with Crippen LogP contribution in [0.5, 0.6) is 11.5 Å². The summed E-state index contributed by atoms with van der Waals surface area (Å²) in [6.07, 6.45) is 1.67. The van der Waals surface area contributed by atoms with Crippen molar-refractivity contribution in [2.45, 2.75) is 33.6 Å². The molecule has 2 N–H and O–H groups in total. The first-order valence-electron chi connectivity index (χ1n) is 11.2. The van der Waals surface area contributed by atoms with Gasteiger partial charge in [0.1, 0.15) is 11.5 Å². The zero-order chi connectivity index (χ0) is 23.6. The first-order chi connectivity index (χ1) is 16.0. The minimum Gasteiger partial charge on any atom is -0.492 e. The van der Waals surface area contributed by atoms with Crippen molar-refractivity contribution in [3.63, 3.8) is 0 Å². The van der Waals surface area contributed by atoms with Gasteiger partial charge in [-0.05, 0) is 67.3 Å². The second-order valence-electron chi connectivity index (χ2n) is 7.40. The molecule has 33 heavy (non-hydrogen) atoms. The van der Waals surface area contributed by atoms with Gasteiger partial charge in [-0.3, -0.25) is 9.59 Å². The van der Waals surface area contributed by atoms with Crippen molar-refractivity contribution in [3.05, 3.63) is 83.4 Å². The van der Waals surface area contributed by atoms with E-state index in [2.05, 4.69) is 24.5 Å². The number of carbonyl (C=O) groups is 2. The Hall–Kier alpha value is -3.80. The van der Waals surface area contributed by atoms with E-state index in [0.717, 1.165) is 29.7 Å². The largest absolute Gasteiger partial charge is 0.492 e. The summed E-state index contributed by atoms with van der Waals surface area (Å²) in [7, 11) is 0. The maximum absolute atomic E-state index is 12.6. The fourth-order valence-electron chi connectivity index (χ4n) is 3.48. The molecular weight excluding hydrogens is 416 g/mol. The van der Waals surface area contributed by atoms with Crippen LogP contribution >= 0.6 is 0 Å². The summed E-state index contributed by atoms with van der Waals surface area (Å²) in [6.45, 7) is 6.41. The number of amides is 2. The van der Waals surface area contributed by atoms with E-state index in [1.165, 1.54) is 0 Å². The number of carbonyl (C=O) groups excluding carboxylic acids is 2. The van der Waals surface area contributed by atoms with Gasteiger partial charge < -0.3 is 20.1 Å². The van der Waals surface area contributed by atoms with Crippen LogP contribution in [0.15, 0.2) is 66.7 Å². The summed E-state index contributed by atoms with van der Waals surface area (Å²) in [4.78, 5) is 25.1. The Balaban J connectivity index is 1.58. The number of anilines is 2. The number of rotatable bonds is 10. The van der Waals surface area contributed by atoms with Crippen LogP contribution in [0.1, 0.15) is 42.3 Å². The lowest BCUT2D eigenvalue weighted by atomic mass is 10.0. The van der Waals surface area contributed by atoms with Crippen LogP contribution in [-0.2, 0) is 17.6 Å². The van der Waals surface area contributed by atoms with Crippen molar-refractivity contribution in [2.75, 3.05) is 23.8 Å². The third-order valence-corrected chi connectivity index (χ3v) is 5.18. The summed E-state index contributed by atoms with van der Waals surface area (Å²) in [5, 5.41) is 5.85. The molecule has 3 aromatic carbocycles. The van der Waals surface area contributed by atoms with Crippen molar-refractivity contribution in [1.82, 2.24) is 0 Å². The average Bonchev–Trinajstić information content (AvgIpc) is 2.84. The summed E-state index contributed by atoms with van der Waals surface area (Å²) >= 11 is 0. The highest BCUT2D eigenvalue weighted by atomic mass is 16.5. The number of para-hydroxylation sites is 3. The van der Waals surface area contributed by atoms with Gasteiger partial charge >= 0.3 is 0 Å². The predicted octanol–water partition coefficient (Wildman–Crippen LogP) is 5.48. The molecule has 3 aromatic rings. The lowest BCUT2D eigenvalue weighted by Gasteiger charge is -2.15. The average molecular weight is 447 g/mol. The maximum Gasteiger partial charge on any atom is 0.262 e. The highest BCUT2D eigenvalue weighted by Crippen LogP contribution is 2.25. The molecule has 0 aliphatic heterocycles. The van der Waals surface area contributed by atoms with Crippen molar-refractivity contribution >= 4 is 23.2 Å². The first-order valence-corrected chi connectivity index (χ1v) is 11.2. The van der Waals surface area contributed by atoms with E-state index >= 15 is 0 Å². The van der Waals surface area contributed by atoms with Gasteiger partial charge in [-0.25, -0.2) is 0 Å². The van der Waals surface area contributed by atoms with E-state index in [1.807, 2.05) is 43.3 Å². The van der Waals surface area contributed by atoms with E-state index in [9.17, 15) is 9.59 Å². The van der Waals surface area contributed by atoms with Crippen molar-refractivity contribution in [3.8, 4) is 11.5 Å². The smallest absolute Gasteiger partial charge is 0.262 e. The topological polar surface area (TPSA) is 76.7 Å². The number of hydrogen-bond acceptors (Lipinski definition) is 4. The third kappa shape index (κ3) is 6.35. The van der Waals surface area contributed by atoms with Gasteiger partial charge in [0.15, 0.2) is 6.61 Å². The van der Waals surface area contributed by atoms with E-state index in [0.29, 0.717) is 29.4 Å². The van der Waals surface area contributed by atoms with Gasteiger partial charge in [-0.1, -0.05) is 44.2 Å². The highest BCUT2D eigenvalue weighted by Gasteiger charge is 2.12. The Morgan fingerprint density at radius 2 is 1.42 bits per heavy atom. The van der Waals surface area contributed by atoms with E-state index < -0.39 is 0 Å². The Morgan fingerprint density at radius 3 is 2.06 bits per heavy atom. The molecule has 0 aromatic heterocycles. The fraction of sp³-hybridized carbons (Fsp3) is 0.259. The zero-order valence-electron chi connectivity index (χ0n) is 19.3. The Kier molecular flexibility index (Phi) is 8.47. The van der Waals surface area contributed by atoms with Crippen LogP contribution in [0.2, 0.25) is 0 Å². The molecule has 3 rings (SSSR count). The summed E-state index contributed by atoms with van der Waals surface area (Å²) < 4.78 is 11.2. The van der Waals surface area contributed by atoms with Gasteiger partial charge in [0.25, 0.3) is 11.8 Å². The van der Waals surface area contributed by atoms with Gasteiger partial charge in [0, 0.05) is 11.3 Å². The SMILES string of the molecule is CCOc1ccccc1NC(=O)c1ccc(OCC(=O)Nc2c(CC)cccc2CC)cc1.